The molecule has 0 spiro atoms. The van der Waals surface area contributed by atoms with E-state index in [0.717, 1.165) is 6.54 Å². The fourth-order valence-corrected chi connectivity index (χ4v) is 3.03. The summed E-state index contributed by atoms with van der Waals surface area (Å²) in [7, 11) is 4.43. The van der Waals surface area contributed by atoms with Crippen LogP contribution < -0.4 is 5.73 Å². The van der Waals surface area contributed by atoms with Crippen molar-refractivity contribution in [1.82, 2.24) is 9.80 Å². The topological polar surface area (TPSA) is 32.5 Å². The molecule has 106 valence electrons. The Morgan fingerprint density at radius 1 is 1.37 bits per heavy atom. The molecule has 0 aromatic heterocycles. The average molecular weight is 261 g/mol. The molecule has 1 heterocycles. The van der Waals surface area contributed by atoms with Gasteiger partial charge >= 0.3 is 0 Å². The van der Waals surface area contributed by atoms with Crippen LogP contribution in [0.5, 0.6) is 0 Å². The largest absolute Gasteiger partial charge is 0.329 e. The van der Waals surface area contributed by atoms with E-state index in [9.17, 15) is 0 Å². The van der Waals surface area contributed by atoms with Crippen LogP contribution in [0, 0.1) is 6.92 Å². The van der Waals surface area contributed by atoms with E-state index >= 15 is 0 Å². The fourth-order valence-electron chi connectivity index (χ4n) is 3.03. The van der Waals surface area contributed by atoms with Crippen LogP contribution in [0.3, 0.4) is 0 Å². The van der Waals surface area contributed by atoms with Crippen molar-refractivity contribution in [2.75, 3.05) is 33.7 Å². The first kappa shape index (κ1) is 14.5. The van der Waals surface area contributed by atoms with E-state index in [1.54, 1.807) is 0 Å². The second-order valence-electron chi connectivity index (χ2n) is 5.88. The number of benzene rings is 1. The Morgan fingerprint density at radius 2 is 2.05 bits per heavy atom. The van der Waals surface area contributed by atoms with Gasteiger partial charge in [0.05, 0.1) is 0 Å². The lowest BCUT2D eigenvalue weighted by Crippen LogP contribution is -2.40. The van der Waals surface area contributed by atoms with Crippen LogP contribution in [-0.4, -0.2) is 49.6 Å². The van der Waals surface area contributed by atoms with Crippen molar-refractivity contribution in [2.24, 2.45) is 5.73 Å². The summed E-state index contributed by atoms with van der Waals surface area (Å²) in [4.78, 5) is 4.89. The van der Waals surface area contributed by atoms with Crippen molar-refractivity contribution in [3.63, 3.8) is 0 Å². The third kappa shape index (κ3) is 3.56. The first-order valence-electron chi connectivity index (χ1n) is 7.29. The molecule has 1 saturated heterocycles. The van der Waals surface area contributed by atoms with Crippen molar-refractivity contribution in [2.45, 2.75) is 31.8 Å². The maximum Gasteiger partial charge on any atom is 0.0468 e. The summed E-state index contributed by atoms with van der Waals surface area (Å²) in [6.45, 7) is 5.14. The number of hydrogen-bond donors (Lipinski definition) is 1. The van der Waals surface area contributed by atoms with Crippen LogP contribution in [0.25, 0.3) is 0 Å². The highest BCUT2D eigenvalue weighted by atomic mass is 15.2. The summed E-state index contributed by atoms with van der Waals surface area (Å²) in [5, 5.41) is 0. The van der Waals surface area contributed by atoms with Crippen LogP contribution in [0.4, 0.5) is 0 Å². The quantitative estimate of drug-likeness (QED) is 0.880. The maximum absolute atomic E-state index is 6.00. The average Bonchev–Trinajstić information content (AvgIpc) is 2.78. The molecule has 3 heteroatoms. The Morgan fingerprint density at radius 3 is 2.58 bits per heavy atom. The highest BCUT2D eigenvalue weighted by molar-refractivity contribution is 5.24. The molecule has 0 aliphatic carbocycles. The molecule has 19 heavy (non-hydrogen) atoms. The van der Waals surface area contributed by atoms with E-state index in [2.05, 4.69) is 55.1 Å². The molecule has 0 amide bonds. The van der Waals surface area contributed by atoms with Gasteiger partial charge in [0.25, 0.3) is 0 Å². The minimum absolute atomic E-state index is 0.328. The second-order valence-corrected chi connectivity index (χ2v) is 5.88. The molecule has 0 bridgehead atoms. The van der Waals surface area contributed by atoms with E-state index < -0.39 is 0 Å². The highest BCUT2D eigenvalue weighted by Crippen LogP contribution is 2.22. The van der Waals surface area contributed by atoms with Crippen molar-refractivity contribution >= 4 is 0 Å². The summed E-state index contributed by atoms with van der Waals surface area (Å²) in [5.74, 6) is 0. The first-order chi connectivity index (χ1) is 9.11. The molecule has 1 aromatic carbocycles. The van der Waals surface area contributed by atoms with Crippen molar-refractivity contribution in [3.05, 3.63) is 35.4 Å². The van der Waals surface area contributed by atoms with Gasteiger partial charge in [0, 0.05) is 25.2 Å². The second kappa shape index (κ2) is 6.51. The van der Waals surface area contributed by atoms with Gasteiger partial charge in [-0.15, -0.1) is 0 Å². The summed E-state index contributed by atoms with van der Waals surface area (Å²) in [5.41, 5.74) is 8.63. The lowest BCUT2D eigenvalue weighted by Gasteiger charge is -2.32. The Balaban J connectivity index is 2.02. The van der Waals surface area contributed by atoms with Gasteiger partial charge in [-0.25, -0.2) is 0 Å². The summed E-state index contributed by atoms with van der Waals surface area (Å²) in [6, 6.07) is 9.78. The third-order valence-electron chi connectivity index (χ3n) is 4.39. The van der Waals surface area contributed by atoms with Crippen molar-refractivity contribution in [3.8, 4) is 0 Å². The summed E-state index contributed by atoms with van der Waals surface area (Å²) < 4.78 is 0. The monoisotopic (exact) mass is 261 g/mol. The number of aryl methyl sites for hydroxylation is 1. The maximum atomic E-state index is 6.00. The Bertz CT molecular complexity index is 387. The van der Waals surface area contributed by atoms with Crippen LogP contribution in [0.15, 0.2) is 24.3 Å². The predicted octanol–water partition coefficient (Wildman–Crippen LogP) is 2.02. The van der Waals surface area contributed by atoms with Crippen LogP contribution in [0.2, 0.25) is 0 Å². The minimum Gasteiger partial charge on any atom is -0.329 e. The molecule has 3 nitrogen and oxygen atoms in total. The van der Waals surface area contributed by atoms with Crippen LogP contribution in [-0.2, 0) is 0 Å². The Kier molecular flexibility index (Phi) is 4.97. The molecule has 1 aliphatic rings. The standard InChI is InChI=1S/C16H27N3/c1-13-6-8-14(9-7-13)16(11-17)19(3)12-15-5-4-10-18(15)2/h6-9,15-16H,4-5,10-12,17H2,1-3H3. The highest BCUT2D eigenvalue weighted by Gasteiger charge is 2.25. The zero-order valence-electron chi connectivity index (χ0n) is 12.5. The van der Waals surface area contributed by atoms with Crippen molar-refractivity contribution in [1.29, 1.82) is 0 Å². The van der Waals surface area contributed by atoms with Gasteiger partial charge < -0.3 is 10.6 Å². The fraction of sp³-hybridized carbons (Fsp3) is 0.625. The summed E-state index contributed by atoms with van der Waals surface area (Å²) >= 11 is 0. The molecule has 0 radical (unpaired) electrons. The van der Waals surface area contributed by atoms with E-state index in [4.69, 9.17) is 5.73 Å². The number of nitrogens with two attached hydrogens (primary N) is 1. The predicted molar refractivity (Wildman–Crippen MR) is 81.3 cm³/mol. The van der Waals surface area contributed by atoms with Crippen LogP contribution in [0.1, 0.15) is 30.0 Å². The Hall–Kier alpha value is -0.900. The molecule has 2 N–H and O–H groups in total. The molecule has 1 aliphatic heterocycles. The third-order valence-corrected chi connectivity index (χ3v) is 4.39. The van der Waals surface area contributed by atoms with Gasteiger partial charge in [-0.05, 0) is 46.0 Å². The van der Waals surface area contributed by atoms with Gasteiger partial charge in [0.2, 0.25) is 0 Å². The van der Waals surface area contributed by atoms with Gasteiger partial charge in [0.15, 0.2) is 0 Å². The lowest BCUT2D eigenvalue weighted by atomic mass is 10.0. The first-order valence-corrected chi connectivity index (χ1v) is 7.29. The SMILES string of the molecule is Cc1ccc(C(CN)N(C)CC2CCCN2C)cc1. The summed E-state index contributed by atoms with van der Waals surface area (Å²) in [6.07, 6.45) is 2.64. The molecule has 1 aromatic rings. The van der Waals surface area contributed by atoms with Gasteiger partial charge in [-0.3, -0.25) is 4.90 Å². The zero-order valence-corrected chi connectivity index (χ0v) is 12.5. The molecule has 1 fully saturated rings. The molecular weight excluding hydrogens is 234 g/mol. The Labute approximate surface area is 117 Å². The number of nitrogens with zero attached hydrogens (tertiary/aromatic N) is 2. The van der Waals surface area contributed by atoms with Crippen LogP contribution >= 0.6 is 0 Å². The molecule has 2 unspecified atom stereocenters. The molecule has 2 atom stereocenters. The zero-order chi connectivity index (χ0) is 13.8. The van der Waals surface area contributed by atoms with E-state index in [0.29, 0.717) is 18.6 Å². The van der Waals surface area contributed by atoms with Gasteiger partial charge in [-0.2, -0.15) is 0 Å². The smallest absolute Gasteiger partial charge is 0.0468 e. The number of likely N-dealkylation sites (N-methyl/N-ethyl adjacent to an activating group) is 2. The van der Waals surface area contributed by atoms with Crippen molar-refractivity contribution < 1.29 is 0 Å². The lowest BCUT2D eigenvalue weighted by molar-refractivity contribution is 0.179. The van der Waals surface area contributed by atoms with Gasteiger partial charge in [0.1, 0.15) is 0 Å². The van der Waals surface area contributed by atoms with E-state index in [1.807, 2.05) is 0 Å². The van der Waals surface area contributed by atoms with Gasteiger partial charge in [-0.1, -0.05) is 29.8 Å². The van der Waals surface area contributed by atoms with E-state index in [1.165, 1.54) is 30.5 Å². The minimum atomic E-state index is 0.328. The number of rotatable bonds is 5. The molecular formula is C16H27N3. The molecule has 0 saturated carbocycles. The number of likely N-dealkylation sites (tertiary alicyclic amines) is 1. The molecule has 2 rings (SSSR count). The number of hydrogen-bond acceptors (Lipinski definition) is 3. The van der Waals surface area contributed by atoms with E-state index in [-0.39, 0.29) is 0 Å². The normalized spacial score (nSPS) is 22.1.